The van der Waals surface area contributed by atoms with Gasteiger partial charge in [0.25, 0.3) is 0 Å². The zero-order valence-corrected chi connectivity index (χ0v) is 29.5. The number of hydrogen-bond acceptors (Lipinski definition) is 1. The molecule has 0 bridgehead atoms. The Morgan fingerprint density at radius 2 is 0.863 bits per heavy atom. The molecule has 2 aliphatic rings. The van der Waals surface area contributed by atoms with Gasteiger partial charge in [0.05, 0.1) is 5.69 Å². The molecule has 244 valence electrons. The van der Waals surface area contributed by atoms with Crippen LogP contribution in [0.2, 0.25) is 0 Å². The summed E-state index contributed by atoms with van der Waals surface area (Å²) in [5.74, 6) is 0. The van der Waals surface area contributed by atoms with Gasteiger partial charge in [-0.2, -0.15) is 0 Å². The first-order chi connectivity index (χ1) is 24.8. The van der Waals surface area contributed by atoms with E-state index < -0.39 is 0 Å². The zero-order chi connectivity index (χ0) is 34.5. The van der Waals surface area contributed by atoms with Crippen molar-refractivity contribution in [1.29, 1.82) is 0 Å². The van der Waals surface area contributed by atoms with E-state index in [-0.39, 0.29) is 16.2 Å². The van der Waals surface area contributed by atoms with E-state index in [9.17, 15) is 0 Å². The van der Waals surface area contributed by atoms with Crippen molar-refractivity contribution in [3.05, 3.63) is 186 Å². The third kappa shape index (κ3) is 3.95. The van der Waals surface area contributed by atoms with Gasteiger partial charge in [0.2, 0.25) is 0 Å². The maximum absolute atomic E-state index is 4.76. The van der Waals surface area contributed by atoms with Gasteiger partial charge in [-0.3, -0.25) is 4.98 Å². The standard InChI is InChI=1S/C50H39N/c1-48(2)43-27-24-36(47-21-9-10-28-51-47)31-46(43)49(3,4)50(48)44-29-34(39-19-11-15-32-13-5-7-17-37(32)39)22-25-41(44)42-26-23-35(30-45(42)50)40-20-12-16-33-14-6-8-18-38(33)40/h5-31H,1-4H3. The van der Waals surface area contributed by atoms with Crippen LogP contribution in [-0.2, 0) is 16.2 Å². The first kappa shape index (κ1) is 30.1. The van der Waals surface area contributed by atoms with Crippen LogP contribution in [0.25, 0.3) is 66.2 Å². The fourth-order valence-electron chi connectivity index (χ4n) is 10.4. The van der Waals surface area contributed by atoms with Crippen LogP contribution in [0.1, 0.15) is 49.9 Å². The molecule has 1 heteroatoms. The van der Waals surface area contributed by atoms with Gasteiger partial charge in [-0.15, -0.1) is 0 Å². The van der Waals surface area contributed by atoms with Crippen LogP contribution in [0.3, 0.4) is 0 Å². The highest BCUT2D eigenvalue weighted by atomic mass is 14.7. The molecule has 0 amide bonds. The normalized spacial score (nSPS) is 15.9. The second-order valence-electron chi connectivity index (χ2n) is 15.5. The molecule has 1 aromatic heterocycles. The fourth-order valence-corrected chi connectivity index (χ4v) is 10.4. The van der Waals surface area contributed by atoms with Gasteiger partial charge in [0.15, 0.2) is 0 Å². The van der Waals surface area contributed by atoms with Crippen LogP contribution < -0.4 is 0 Å². The number of rotatable bonds is 3. The number of aromatic nitrogens is 1. The Balaban J connectivity index is 1.27. The highest BCUT2D eigenvalue weighted by Crippen LogP contribution is 2.71. The Morgan fingerprint density at radius 1 is 0.373 bits per heavy atom. The van der Waals surface area contributed by atoms with Gasteiger partial charge >= 0.3 is 0 Å². The molecule has 51 heavy (non-hydrogen) atoms. The molecule has 0 unspecified atom stereocenters. The van der Waals surface area contributed by atoms with Crippen LogP contribution in [0.5, 0.6) is 0 Å². The number of nitrogens with zero attached hydrogens (tertiary/aromatic N) is 1. The fraction of sp³-hybridized carbons (Fsp3) is 0.140. The second kappa shape index (κ2) is 10.6. The molecule has 8 aromatic rings. The number of hydrogen-bond donors (Lipinski definition) is 0. The Bertz CT molecular complexity index is 2560. The first-order valence-electron chi connectivity index (χ1n) is 18.1. The lowest BCUT2D eigenvalue weighted by atomic mass is 9.52. The molecule has 0 atom stereocenters. The predicted octanol–water partition coefficient (Wildman–Crippen LogP) is 12.9. The Labute approximate surface area is 300 Å². The molecule has 1 nitrogen and oxygen atoms in total. The molecule has 10 rings (SSSR count). The van der Waals surface area contributed by atoms with Crippen molar-refractivity contribution in [2.75, 3.05) is 0 Å². The summed E-state index contributed by atoms with van der Waals surface area (Å²) in [4.78, 5) is 4.76. The molecular formula is C50H39N. The zero-order valence-electron chi connectivity index (χ0n) is 29.5. The van der Waals surface area contributed by atoms with E-state index in [2.05, 4.69) is 179 Å². The van der Waals surface area contributed by atoms with E-state index in [0.717, 1.165) is 5.69 Å². The predicted molar refractivity (Wildman–Crippen MR) is 214 cm³/mol. The molecule has 0 aliphatic heterocycles. The van der Waals surface area contributed by atoms with Gasteiger partial charge in [0.1, 0.15) is 0 Å². The molecule has 0 N–H and O–H groups in total. The summed E-state index contributed by atoms with van der Waals surface area (Å²) in [6, 6.07) is 58.9. The lowest BCUT2D eigenvalue weighted by Crippen LogP contribution is -2.51. The summed E-state index contributed by atoms with van der Waals surface area (Å²) in [6.45, 7) is 9.98. The van der Waals surface area contributed by atoms with Crippen LogP contribution in [0.4, 0.5) is 0 Å². The summed E-state index contributed by atoms with van der Waals surface area (Å²) in [5, 5.41) is 5.11. The highest BCUT2D eigenvalue weighted by molar-refractivity contribution is 6.00. The molecule has 0 saturated heterocycles. The third-order valence-electron chi connectivity index (χ3n) is 12.5. The minimum atomic E-state index is -0.350. The average molecular weight is 654 g/mol. The summed E-state index contributed by atoms with van der Waals surface area (Å²) in [7, 11) is 0. The van der Waals surface area contributed by atoms with E-state index >= 15 is 0 Å². The number of benzene rings is 7. The van der Waals surface area contributed by atoms with Gasteiger partial charge in [-0.1, -0.05) is 155 Å². The number of pyridine rings is 1. The highest BCUT2D eigenvalue weighted by Gasteiger charge is 2.67. The maximum atomic E-state index is 4.76. The summed E-state index contributed by atoms with van der Waals surface area (Å²) in [5.41, 5.74) is 14.8. The summed E-state index contributed by atoms with van der Waals surface area (Å²) in [6.07, 6.45) is 1.90. The van der Waals surface area contributed by atoms with Gasteiger partial charge in [0, 0.05) is 28.0 Å². The molecule has 1 heterocycles. The van der Waals surface area contributed by atoms with Crippen molar-refractivity contribution in [1.82, 2.24) is 4.98 Å². The number of fused-ring (bicyclic) bond motifs is 8. The molecule has 1 spiro atoms. The van der Waals surface area contributed by atoms with Crippen LogP contribution in [-0.4, -0.2) is 4.98 Å². The minimum Gasteiger partial charge on any atom is -0.256 e. The van der Waals surface area contributed by atoms with E-state index in [4.69, 9.17) is 4.98 Å². The average Bonchev–Trinajstić information content (AvgIpc) is 3.55. The topological polar surface area (TPSA) is 12.9 Å². The summed E-state index contributed by atoms with van der Waals surface area (Å²) < 4.78 is 0. The quantitative estimate of drug-likeness (QED) is 0.185. The summed E-state index contributed by atoms with van der Waals surface area (Å²) >= 11 is 0. The van der Waals surface area contributed by atoms with E-state index in [1.165, 1.54) is 82.7 Å². The van der Waals surface area contributed by atoms with Crippen molar-refractivity contribution < 1.29 is 0 Å². The molecular weight excluding hydrogens is 615 g/mol. The largest absolute Gasteiger partial charge is 0.256 e. The van der Waals surface area contributed by atoms with Gasteiger partial charge in [-0.25, -0.2) is 0 Å². The Kier molecular flexibility index (Phi) is 6.25. The lowest BCUT2D eigenvalue weighted by molar-refractivity contribution is 0.232. The molecule has 0 radical (unpaired) electrons. The molecule has 0 fully saturated rings. The van der Waals surface area contributed by atoms with Crippen molar-refractivity contribution in [2.45, 2.75) is 43.9 Å². The lowest BCUT2D eigenvalue weighted by Gasteiger charge is -2.49. The van der Waals surface area contributed by atoms with E-state index in [0.29, 0.717) is 0 Å². The second-order valence-corrected chi connectivity index (χ2v) is 15.5. The van der Waals surface area contributed by atoms with E-state index in [1.54, 1.807) is 0 Å². The van der Waals surface area contributed by atoms with Crippen molar-refractivity contribution in [2.24, 2.45) is 0 Å². The maximum Gasteiger partial charge on any atom is 0.0702 e. The van der Waals surface area contributed by atoms with Crippen LogP contribution in [0, 0.1) is 0 Å². The monoisotopic (exact) mass is 653 g/mol. The molecule has 7 aromatic carbocycles. The van der Waals surface area contributed by atoms with Crippen molar-refractivity contribution in [3.8, 4) is 44.6 Å². The van der Waals surface area contributed by atoms with Crippen LogP contribution >= 0.6 is 0 Å². The van der Waals surface area contributed by atoms with Gasteiger partial charge in [-0.05, 0) is 108 Å². The smallest absolute Gasteiger partial charge is 0.0702 e. The first-order valence-corrected chi connectivity index (χ1v) is 18.1. The molecule has 2 aliphatic carbocycles. The Morgan fingerprint density at radius 3 is 1.43 bits per heavy atom. The Hall–Kier alpha value is -5.79. The minimum absolute atomic E-state index is 0.233. The third-order valence-corrected chi connectivity index (χ3v) is 12.5. The van der Waals surface area contributed by atoms with Crippen molar-refractivity contribution >= 4 is 21.5 Å². The van der Waals surface area contributed by atoms with Crippen molar-refractivity contribution in [3.63, 3.8) is 0 Å². The van der Waals surface area contributed by atoms with Crippen LogP contribution in [0.15, 0.2) is 164 Å². The molecule has 0 saturated carbocycles. The van der Waals surface area contributed by atoms with E-state index in [1.807, 2.05) is 12.3 Å². The van der Waals surface area contributed by atoms with Gasteiger partial charge < -0.3 is 0 Å². The SMILES string of the molecule is CC1(C)c2ccc(-c3ccccn3)cc2C(C)(C)C12c1cc(-c3cccc4ccccc34)ccc1-c1ccc(-c3cccc4ccccc34)cc12.